The van der Waals surface area contributed by atoms with Gasteiger partial charge in [0, 0.05) is 18.9 Å². The van der Waals surface area contributed by atoms with Crippen molar-refractivity contribution in [3.63, 3.8) is 0 Å². The fourth-order valence-corrected chi connectivity index (χ4v) is 3.97. The molecule has 2 nitrogen and oxygen atoms in total. The van der Waals surface area contributed by atoms with Crippen molar-refractivity contribution in [1.82, 2.24) is 4.90 Å². The Kier molecular flexibility index (Phi) is 5.28. The Morgan fingerprint density at radius 3 is 2.35 bits per heavy atom. The van der Waals surface area contributed by atoms with Gasteiger partial charge in [0.25, 0.3) is 0 Å². The summed E-state index contributed by atoms with van der Waals surface area (Å²) in [5.41, 5.74) is 0.355. The SMILES string of the molecule is CCC1CCN(CC2CC(C(C)(C)C)CCC2=O)CC1. The molecular weight excluding hydrogens is 246 g/mol. The second kappa shape index (κ2) is 6.60. The van der Waals surface area contributed by atoms with E-state index in [1.807, 2.05) is 0 Å². The topological polar surface area (TPSA) is 20.3 Å². The highest BCUT2D eigenvalue weighted by Gasteiger charge is 2.35. The Labute approximate surface area is 125 Å². The molecule has 0 radical (unpaired) electrons. The minimum Gasteiger partial charge on any atom is -0.303 e. The van der Waals surface area contributed by atoms with E-state index in [4.69, 9.17) is 0 Å². The summed E-state index contributed by atoms with van der Waals surface area (Å²) in [6, 6.07) is 0. The summed E-state index contributed by atoms with van der Waals surface area (Å²) in [6.07, 6.45) is 7.04. The standard InChI is InChI=1S/C18H33NO/c1-5-14-8-10-19(11-9-14)13-15-12-16(18(2,3)4)6-7-17(15)20/h14-16H,5-13H2,1-4H3. The predicted molar refractivity (Wildman–Crippen MR) is 84.7 cm³/mol. The van der Waals surface area contributed by atoms with Gasteiger partial charge >= 0.3 is 0 Å². The minimum absolute atomic E-state index is 0.311. The van der Waals surface area contributed by atoms with Crippen LogP contribution in [0.25, 0.3) is 0 Å². The Balaban J connectivity index is 1.86. The van der Waals surface area contributed by atoms with E-state index in [0.717, 1.165) is 37.6 Å². The van der Waals surface area contributed by atoms with Crippen molar-refractivity contribution in [1.29, 1.82) is 0 Å². The molecule has 2 heteroatoms. The van der Waals surface area contributed by atoms with Crippen LogP contribution in [-0.4, -0.2) is 30.3 Å². The van der Waals surface area contributed by atoms with E-state index >= 15 is 0 Å². The fourth-order valence-electron chi connectivity index (χ4n) is 3.97. The van der Waals surface area contributed by atoms with E-state index in [2.05, 4.69) is 32.6 Å². The lowest BCUT2D eigenvalue weighted by Crippen LogP contribution is -2.42. The van der Waals surface area contributed by atoms with Crippen molar-refractivity contribution in [2.45, 2.75) is 66.2 Å². The quantitative estimate of drug-likeness (QED) is 0.774. The van der Waals surface area contributed by atoms with Gasteiger partial charge < -0.3 is 4.90 Å². The summed E-state index contributed by atoms with van der Waals surface area (Å²) in [5, 5.41) is 0. The number of carbonyl (C=O) groups excluding carboxylic acids is 1. The van der Waals surface area contributed by atoms with Gasteiger partial charge in [0.1, 0.15) is 5.78 Å². The van der Waals surface area contributed by atoms with Crippen LogP contribution in [0.4, 0.5) is 0 Å². The normalized spacial score (nSPS) is 30.7. The first-order valence-electron chi connectivity index (χ1n) is 8.65. The third-order valence-electron chi connectivity index (χ3n) is 5.75. The largest absolute Gasteiger partial charge is 0.303 e. The zero-order valence-corrected chi connectivity index (χ0v) is 14.0. The second-order valence-electron chi connectivity index (χ2n) is 8.15. The molecule has 0 aromatic rings. The molecule has 0 aromatic carbocycles. The van der Waals surface area contributed by atoms with Crippen LogP contribution in [-0.2, 0) is 4.79 Å². The van der Waals surface area contributed by atoms with Gasteiger partial charge in [0.05, 0.1) is 0 Å². The molecule has 2 fully saturated rings. The lowest BCUT2D eigenvalue weighted by Gasteiger charge is -2.40. The van der Waals surface area contributed by atoms with Crippen LogP contribution < -0.4 is 0 Å². The van der Waals surface area contributed by atoms with Crippen molar-refractivity contribution in [2.75, 3.05) is 19.6 Å². The maximum absolute atomic E-state index is 12.2. The second-order valence-corrected chi connectivity index (χ2v) is 8.15. The van der Waals surface area contributed by atoms with Gasteiger partial charge in [0.2, 0.25) is 0 Å². The van der Waals surface area contributed by atoms with Crippen LogP contribution in [0.1, 0.15) is 66.2 Å². The average Bonchev–Trinajstić information content (AvgIpc) is 2.41. The van der Waals surface area contributed by atoms with Crippen LogP contribution in [0, 0.1) is 23.2 Å². The van der Waals surface area contributed by atoms with E-state index in [-0.39, 0.29) is 0 Å². The first-order chi connectivity index (χ1) is 9.40. The molecule has 0 amide bonds. The van der Waals surface area contributed by atoms with Crippen LogP contribution in [0.3, 0.4) is 0 Å². The molecule has 1 saturated heterocycles. The molecule has 20 heavy (non-hydrogen) atoms. The summed E-state index contributed by atoms with van der Waals surface area (Å²) in [7, 11) is 0. The third kappa shape index (κ3) is 4.07. The summed E-state index contributed by atoms with van der Waals surface area (Å²) in [5.74, 6) is 2.49. The highest BCUT2D eigenvalue weighted by Crippen LogP contribution is 2.39. The van der Waals surface area contributed by atoms with E-state index < -0.39 is 0 Å². The van der Waals surface area contributed by atoms with Crippen molar-refractivity contribution >= 4 is 5.78 Å². The minimum atomic E-state index is 0.311. The average molecular weight is 279 g/mol. The van der Waals surface area contributed by atoms with Crippen LogP contribution >= 0.6 is 0 Å². The smallest absolute Gasteiger partial charge is 0.137 e. The Morgan fingerprint density at radius 1 is 1.15 bits per heavy atom. The predicted octanol–water partition coefficient (Wildman–Crippen LogP) is 4.14. The molecule has 2 rings (SSSR count). The molecule has 2 aliphatic rings. The molecule has 1 aliphatic carbocycles. The summed E-state index contributed by atoms with van der Waals surface area (Å²) in [6.45, 7) is 12.7. The van der Waals surface area contributed by atoms with Crippen molar-refractivity contribution in [3.05, 3.63) is 0 Å². The number of hydrogen-bond donors (Lipinski definition) is 0. The summed E-state index contributed by atoms with van der Waals surface area (Å²) in [4.78, 5) is 14.8. The number of ketones is 1. The fraction of sp³-hybridized carbons (Fsp3) is 0.944. The molecule has 0 aromatic heterocycles. The Bertz CT molecular complexity index is 323. The summed E-state index contributed by atoms with van der Waals surface area (Å²) >= 11 is 0. The van der Waals surface area contributed by atoms with Gasteiger partial charge in [0.15, 0.2) is 0 Å². The van der Waals surface area contributed by atoms with E-state index in [9.17, 15) is 4.79 Å². The number of Topliss-reactive ketones (excluding diaryl/α,β-unsaturated/α-hetero) is 1. The number of nitrogens with zero attached hydrogens (tertiary/aromatic N) is 1. The molecule has 0 bridgehead atoms. The van der Waals surface area contributed by atoms with Crippen molar-refractivity contribution < 1.29 is 4.79 Å². The van der Waals surface area contributed by atoms with E-state index in [0.29, 0.717) is 17.1 Å². The van der Waals surface area contributed by atoms with Gasteiger partial charge in [-0.05, 0) is 56.0 Å². The van der Waals surface area contributed by atoms with Crippen molar-refractivity contribution in [3.8, 4) is 0 Å². The Hall–Kier alpha value is -0.370. The van der Waals surface area contributed by atoms with E-state index in [1.54, 1.807) is 0 Å². The van der Waals surface area contributed by atoms with Gasteiger partial charge in [-0.3, -0.25) is 4.79 Å². The highest BCUT2D eigenvalue weighted by atomic mass is 16.1. The molecule has 1 aliphatic heterocycles. The highest BCUT2D eigenvalue weighted by molar-refractivity contribution is 5.82. The molecule has 2 unspecified atom stereocenters. The third-order valence-corrected chi connectivity index (χ3v) is 5.75. The molecule has 0 N–H and O–H groups in total. The molecule has 0 spiro atoms. The molecule has 1 saturated carbocycles. The number of carbonyl (C=O) groups is 1. The zero-order valence-electron chi connectivity index (χ0n) is 14.0. The van der Waals surface area contributed by atoms with Crippen LogP contribution in [0.15, 0.2) is 0 Å². The van der Waals surface area contributed by atoms with Crippen LogP contribution in [0.5, 0.6) is 0 Å². The lowest BCUT2D eigenvalue weighted by atomic mass is 9.68. The molecule has 1 heterocycles. The van der Waals surface area contributed by atoms with Gasteiger partial charge in [-0.25, -0.2) is 0 Å². The zero-order chi connectivity index (χ0) is 14.8. The molecular formula is C18H33NO. The first-order valence-corrected chi connectivity index (χ1v) is 8.65. The maximum Gasteiger partial charge on any atom is 0.137 e. The van der Waals surface area contributed by atoms with Gasteiger partial charge in [-0.1, -0.05) is 34.1 Å². The van der Waals surface area contributed by atoms with Crippen molar-refractivity contribution in [2.24, 2.45) is 23.2 Å². The number of likely N-dealkylation sites (tertiary alicyclic amines) is 1. The van der Waals surface area contributed by atoms with Crippen LogP contribution in [0.2, 0.25) is 0 Å². The molecule has 2 atom stereocenters. The van der Waals surface area contributed by atoms with Gasteiger partial charge in [-0.15, -0.1) is 0 Å². The first kappa shape index (κ1) is 16.0. The number of rotatable bonds is 3. The van der Waals surface area contributed by atoms with Gasteiger partial charge in [-0.2, -0.15) is 0 Å². The monoisotopic (exact) mass is 279 g/mol. The Morgan fingerprint density at radius 2 is 1.80 bits per heavy atom. The maximum atomic E-state index is 12.2. The summed E-state index contributed by atoms with van der Waals surface area (Å²) < 4.78 is 0. The van der Waals surface area contributed by atoms with E-state index in [1.165, 1.54) is 32.4 Å². The number of piperidine rings is 1. The lowest BCUT2D eigenvalue weighted by molar-refractivity contribution is -0.127. The number of hydrogen-bond acceptors (Lipinski definition) is 2. The molecule has 116 valence electrons.